The second-order valence-corrected chi connectivity index (χ2v) is 2.67. The SMILES string of the molecule is CC1=CC(=O)[C@@H](O)[C@H](O)[C@@H]1O. The van der Waals surface area contributed by atoms with Crippen LogP contribution < -0.4 is 0 Å². The van der Waals surface area contributed by atoms with Gasteiger partial charge in [0.05, 0.1) is 0 Å². The Bertz CT molecular complexity index is 208. The molecule has 1 aliphatic carbocycles. The monoisotopic (exact) mass is 158 g/mol. The van der Waals surface area contributed by atoms with Crippen LogP contribution in [0, 0.1) is 0 Å². The molecule has 0 aliphatic heterocycles. The summed E-state index contributed by atoms with van der Waals surface area (Å²) in [5, 5.41) is 27.1. The van der Waals surface area contributed by atoms with E-state index in [1.165, 1.54) is 6.92 Å². The zero-order valence-corrected chi connectivity index (χ0v) is 6.06. The van der Waals surface area contributed by atoms with E-state index < -0.39 is 24.1 Å². The highest BCUT2D eigenvalue weighted by Crippen LogP contribution is 2.16. The van der Waals surface area contributed by atoms with Crippen LogP contribution in [0.1, 0.15) is 6.92 Å². The van der Waals surface area contributed by atoms with Gasteiger partial charge in [-0.25, -0.2) is 0 Å². The van der Waals surface area contributed by atoms with Gasteiger partial charge in [0.2, 0.25) is 0 Å². The summed E-state index contributed by atoms with van der Waals surface area (Å²) in [4.78, 5) is 10.8. The largest absolute Gasteiger partial charge is 0.387 e. The van der Waals surface area contributed by atoms with Crippen molar-refractivity contribution in [3.8, 4) is 0 Å². The molecule has 0 amide bonds. The number of hydrogen-bond acceptors (Lipinski definition) is 4. The molecule has 1 aliphatic rings. The molecule has 0 aromatic rings. The Morgan fingerprint density at radius 1 is 1.27 bits per heavy atom. The second-order valence-electron chi connectivity index (χ2n) is 2.67. The van der Waals surface area contributed by atoms with Gasteiger partial charge in [0.1, 0.15) is 18.3 Å². The molecule has 0 spiro atoms. The molecule has 0 bridgehead atoms. The second kappa shape index (κ2) is 2.73. The Labute approximate surface area is 63.8 Å². The van der Waals surface area contributed by atoms with Crippen molar-refractivity contribution in [3.05, 3.63) is 11.6 Å². The van der Waals surface area contributed by atoms with E-state index in [4.69, 9.17) is 15.3 Å². The molecule has 62 valence electrons. The lowest BCUT2D eigenvalue weighted by Gasteiger charge is -2.26. The summed E-state index contributed by atoms with van der Waals surface area (Å²) in [6.07, 6.45) is -2.84. The Hall–Kier alpha value is -0.710. The fraction of sp³-hybridized carbons (Fsp3) is 0.571. The molecule has 3 atom stereocenters. The zero-order chi connectivity index (χ0) is 8.59. The van der Waals surface area contributed by atoms with Crippen molar-refractivity contribution < 1.29 is 20.1 Å². The van der Waals surface area contributed by atoms with Crippen molar-refractivity contribution in [1.82, 2.24) is 0 Å². The summed E-state index contributed by atoms with van der Waals surface area (Å²) >= 11 is 0. The standard InChI is InChI=1S/C7H10O4/c1-3-2-4(8)6(10)7(11)5(3)9/h2,5-7,9-11H,1H3/t5-,6-,7-/m1/s1. The van der Waals surface area contributed by atoms with Gasteiger partial charge in [0.25, 0.3) is 0 Å². The molecule has 11 heavy (non-hydrogen) atoms. The molecule has 3 N–H and O–H groups in total. The Morgan fingerprint density at radius 2 is 1.82 bits per heavy atom. The highest BCUT2D eigenvalue weighted by Gasteiger charge is 2.34. The quantitative estimate of drug-likeness (QED) is 0.405. The third-order valence-electron chi connectivity index (χ3n) is 1.77. The molecular weight excluding hydrogens is 148 g/mol. The molecule has 0 aromatic heterocycles. The summed E-state index contributed by atoms with van der Waals surface area (Å²) in [6.45, 7) is 1.53. The van der Waals surface area contributed by atoms with E-state index in [9.17, 15) is 4.79 Å². The first kappa shape index (κ1) is 8.39. The summed E-state index contributed by atoms with van der Waals surface area (Å²) in [6, 6.07) is 0. The number of rotatable bonds is 0. The number of aliphatic hydroxyl groups excluding tert-OH is 3. The van der Waals surface area contributed by atoms with Crippen molar-refractivity contribution >= 4 is 5.78 Å². The predicted octanol–water partition coefficient (Wildman–Crippen LogP) is -1.40. The number of aliphatic hydroxyl groups is 3. The first-order chi connectivity index (χ1) is 5.04. The topological polar surface area (TPSA) is 77.8 Å². The van der Waals surface area contributed by atoms with Gasteiger partial charge >= 0.3 is 0 Å². The molecule has 0 saturated heterocycles. The van der Waals surface area contributed by atoms with Crippen LogP contribution in [-0.2, 0) is 4.79 Å². The van der Waals surface area contributed by atoms with E-state index in [-0.39, 0.29) is 0 Å². The van der Waals surface area contributed by atoms with Crippen LogP contribution in [0.15, 0.2) is 11.6 Å². The van der Waals surface area contributed by atoms with E-state index in [1.54, 1.807) is 0 Å². The number of ketones is 1. The van der Waals surface area contributed by atoms with Gasteiger partial charge in [-0.2, -0.15) is 0 Å². The Kier molecular flexibility index (Phi) is 2.08. The molecule has 0 aromatic carbocycles. The maximum Gasteiger partial charge on any atom is 0.186 e. The predicted molar refractivity (Wildman–Crippen MR) is 36.8 cm³/mol. The molecule has 4 heteroatoms. The van der Waals surface area contributed by atoms with Gasteiger partial charge in [0.15, 0.2) is 5.78 Å². The lowest BCUT2D eigenvalue weighted by Crippen LogP contribution is -2.45. The van der Waals surface area contributed by atoms with Gasteiger partial charge in [-0.3, -0.25) is 4.79 Å². The third-order valence-corrected chi connectivity index (χ3v) is 1.77. The molecular formula is C7H10O4. The Morgan fingerprint density at radius 3 is 2.36 bits per heavy atom. The molecule has 1 rings (SSSR count). The normalized spacial score (nSPS) is 38.7. The van der Waals surface area contributed by atoms with E-state index >= 15 is 0 Å². The summed E-state index contributed by atoms with van der Waals surface area (Å²) in [5.74, 6) is -0.555. The first-order valence-electron chi connectivity index (χ1n) is 3.30. The number of carbonyl (C=O) groups excluding carboxylic acids is 1. The van der Waals surface area contributed by atoms with Gasteiger partial charge in [-0.05, 0) is 18.6 Å². The van der Waals surface area contributed by atoms with Crippen LogP contribution in [0.2, 0.25) is 0 Å². The van der Waals surface area contributed by atoms with E-state index in [2.05, 4.69) is 0 Å². The smallest absolute Gasteiger partial charge is 0.186 e. The molecule has 0 heterocycles. The van der Waals surface area contributed by atoms with Crippen molar-refractivity contribution in [2.45, 2.75) is 25.2 Å². The van der Waals surface area contributed by atoms with E-state index in [1.807, 2.05) is 0 Å². The lowest BCUT2D eigenvalue weighted by molar-refractivity contribution is -0.134. The molecule has 0 saturated carbocycles. The minimum absolute atomic E-state index is 0.382. The third kappa shape index (κ3) is 1.33. The van der Waals surface area contributed by atoms with Crippen LogP contribution in [-0.4, -0.2) is 39.4 Å². The van der Waals surface area contributed by atoms with Crippen LogP contribution in [0.3, 0.4) is 0 Å². The van der Waals surface area contributed by atoms with Crippen molar-refractivity contribution in [1.29, 1.82) is 0 Å². The zero-order valence-electron chi connectivity index (χ0n) is 6.06. The molecule has 4 nitrogen and oxygen atoms in total. The summed E-state index contributed by atoms with van der Waals surface area (Å²) < 4.78 is 0. The van der Waals surface area contributed by atoms with Crippen LogP contribution in [0.4, 0.5) is 0 Å². The van der Waals surface area contributed by atoms with Crippen LogP contribution >= 0.6 is 0 Å². The minimum Gasteiger partial charge on any atom is -0.387 e. The highest BCUT2D eigenvalue weighted by atomic mass is 16.4. The van der Waals surface area contributed by atoms with Gasteiger partial charge in [0, 0.05) is 0 Å². The fourth-order valence-electron chi connectivity index (χ4n) is 1.01. The highest BCUT2D eigenvalue weighted by molar-refractivity contribution is 5.95. The van der Waals surface area contributed by atoms with Gasteiger partial charge in [-0.15, -0.1) is 0 Å². The van der Waals surface area contributed by atoms with Crippen molar-refractivity contribution in [2.75, 3.05) is 0 Å². The average Bonchev–Trinajstić information content (AvgIpc) is 1.97. The summed E-state index contributed by atoms with van der Waals surface area (Å²) in [5.41, 5.74) is 0.382. The van der Waals surface area contributed by atoms with E-state index in [0.29, 0.717) is 5.57 Å². The van der Waals surface area contributed by atoms with Crippen molar-refractivity contribution in [2.24, 2.45) is 0 Å². The lowest BCUT2D eigenvalue weighted by atomic mass is 9.92. The van der Waals surface area contributed by atoms with E-state index in [0.717, 1.165) is 6.08 Å². The first-order valence-corrected chi connectivity index (χ1v) is 3.30. The fourth-order valence-corrected chi connectivity index (χ4v) is 1.01. The van der Waals surface area contributed by atoms with Gasteiger partial charge in [-0.1, -0.05) is 0 Å². The maximum absolute atomic E-state index is 10.8. The van der Waals surface area contributed by atoms with Crippen molar-refractivity contribution in [3.63, 3.8) is 0 Å². The number of hydrogen-bond donors (Lipinski definition) is 3. The average molecular weight is 158 g/mol. The number of carbonyl (C=O) groups is 1. The van der Waals surface area contributed by atoms with Gasteiger partial charge < -0.3 is 15.3 Å². The molecule has 0 fully saturated rings. The minimum atomic E-state index is -1.48. The summed E-state index contributed by atoms with van der Waals surface area (Å²) in [7, 11) is 0. The molecule has 0 radical (unpaired) electrons. The van der Waals surface area contributed by atoms with Crippen LogP contribution in [0.5, 0.6) is 0 Å². The molecule has 0 unspecified atom stereocenters. The maximum atomic E-state index is 10.8. The van der Waals surface area contributed by atoms with Crippen LogP contribution in [0.25, 0.3) is 0 Å². The Balaban J connectivity index is 2.92.